The molecule has 0 bridgehead atoms. The smallest absolute Gasteiger partial charge is 0.236 e. The van der Waals surface area contributed by atoms with Crippen LogP contribution in [-0.2, 0) is 14.6 Å². The lowest BCUT2D eigenvalue weighted by molar-refractivity contribution is -0.131. The Morgan fingerprint density at radius 3 is 2.65 bits per heavy atom. The van der Waals surface area contributed by atoms with Gasteiger partial charge in [0.15, 0.2) is 20.8 Å². The SMILES string of the molecule is CCN(C(=O)C(C)Sc1nnc(-c2ccccn2)n1-c1ccc(C)cc1C)C1CCS(=O)(=O)C1. The monoisotopic (exact) mass is 499 g/mol. The number of carbonyl (C=O) groups is 1. The maximum atomic E-state index is 13.4. The van der Waals surface area contributed by atoms with Crippen molar-refractivity contribution in [3.8, 4) is 17.2 Å². The third-order valence-corrected chi connectivity index (χ3v) is 8.80. The molecule has 1 saturated heterocycles. The van der Waals surface area contributed by atoms with Crippen molar-refractivity contribution < 1.29 is 13.2 Å². The Morgan fingerprint density at radius 2 is 2.03 bits per heavy atom. The van der Waals surface area contributed by atoms with E-state index in [-0.39, 0.29) is 23.5 Å². The van der Waals surface area contributed by atoms with Gasteiger partial charge in [-0.2, -0.15) is 0 Å². The molecule has 3 heterocycles. The first-order chi connectivity index (χ1) is 16.2. The zero-order valence-electron chi connectivity index (χ0n) is 19.8. The summed E-state index contributed by atoms with van der Waals surface area (Å²) in [5.41, 5.74) is 3.82. The number of nitrogens with zero attached hydrogens (tertiary/aromatic N) is 5. The first-order valence-corrected chi connectivity index (χ1v) is 14.0. The van der Waals surface area contributed by atoms with Gasteiger partial charge in [-0.05, 0) is 57.9 Å². The van der Waals surface area contributed by atoms with Crippen molar-refractivity contribution in [2.75, 3.05) is 18.1 Å². The molecule has 10 heteroatoms. The van der Waals surface area contributed by atoms with Crippen molar-refractivity contribution in [2.24, 2.45) is 0 Å². The van der Waals surface area contributed by atoms with Crippen LogP contribution in [0.15, 0.2) is 47.8 Å². The van der Waals surface area contributed by atoms with Gasteiger partial charge in [0.05, 0.1) is 22.4 Å². The number of carbonyl (C=O) groups excluding carboxylic acids is 1. The molecule has 1 aliphatic heterocycles. The van der Waals surface area contributed by atoms with Crippen LogP contribution in [0.5, 0.6) is 0 Å². The summed E-state index contributed by atoms with van der Waals surface area (Å²) >= 11 is 1.32. The quantitative estimate of drug-likeness (QED) is 0.459. The van der Waals surface area contributed by atoms with Crippen molar-refractivity contribution in [1.82, 2.24) is 24.6 Å². The average Bonchev–Trinajstić information content (AvgIpc) is 3.37. The van der Waals surface area contributed by atoms with E-state index < -0.39 is 15.1 Å². The molecule has 1 amide bonds. The summed E-state index contributed by atoms with van der Waals surface area (Å²) in [6.45, 7) is 8.26. The van der Waals surface area contributed by atoms with Gasteiger partial charge in [-0.25, -0.2) is 8.42 Å². The first kappa shape index (κ1) is 24.4. The molecule has 1 aromatic carbocycles. The molecule has 2 unspecified atom stereocenters. The van der Waals surface area contributed by atoms with Gasteiger partial charge in [0.1, 0.15) is 5.69 Å². The number of aryl methyl sites for hydroxylation is 2. The zero-order valence-corrected chi connectivity index (χ0v) is 21.4. The van der Waals surface area contributed by atoms with Crippen LogP contribution >= 0.6 is 11.8 Å². The van der Waals surface area contributed by atoms with Crippen LogP contribution in [0.3, 0.4) is 0 Å². The van der Waals surface area contributed by atoms with E-state index in [4.69, 9.17) is 0 Å². The van der Waals surface area contributed by atoms with Gasteiger partial charge in [-0.15, -0.1) is 10.2 Å². The molecule has 180 valence electrons. The number of amides is 1. The summed E-state index contributed by atoms with van der Waals surface area (Å²) in [5.74, 6) is 0.678. The largest absolute Gasteiger partial charge is 0.338 e. The Hall–Kier alpha value is -2.72. The highest BCUT2D eigenvalue weighted by atomic mass is 32.2. The third-order valence-electron chi connectivity index (χ3n) is 6.02. The number of rotatable bonds is 7. The average molecular weight is 500 g/mol. The van der Waals surface area contributed by atoms with Crippen molar-refractivity contribution in [3.63, 3.8) is 0 Å². The van der Waals surface area contributed by atoms with E-state index in [9.17, 15) is 13.2 Å². The minimum absolute atomic E-state index is 0.0343. The van der Waals surface area contributed by atoms with Crippen LogP contribution in [0.4, 0.5) is 0 Å². The van der Waals surface area contributed by atoms with Gasteiger partial charge in [-0.1, -0.05) is 35.5 Å². The van der Waals surface area contributed by atoms with Crippen molar-refractivity contribution in [2.45, 2.75) is 50.6 Å². The molecule has 34 heavy (non-hydrogen) atoms. The number of pyridine rings is 1. The highest BCUT2D eigenvalue weighted by Crippen LogP contribution is 2.32. The highest BCUT2D eigenvalue weighted by molar-refractivity contribution is 8.00. The zero-order chi connectivity index (χ0) is 24.5. The van der Waals surface area contributed by atoms with Crippen LogP contribution in [0.25, 0.3) is 17.2 Å². The Labute approximate surface area is 204 Å². The van der Waals surface area contributed by atoms with Gasteiger partial charge in [-0.3, -0.25) is 14.3 Å². The molecular formula is C24H29N5O3S2. The first-order valence-electron chi connectivity index (χ1n) is 11.3. The van der Waals surface area contributed by atoms with E-state index in [0.29, 0.717) is 29.6 Å². The fourth-order valence-electron chi connectivity index (χ4n) is 4.34. The van der Waals surface area contributed by atoms with E-state index in [1.165, 1.54) is 11.8 Å². The van der Waals surface area contributed by atoms with Crippen molar-refractivity contribution in [1.29, 1.82) is 0 Å². The van der Waals surface area contributed by atoms with Gasteiger partial charge >= 0.3 is 0 Å². The van der Waals surface area contributed by atoms with Gasteiger partial charge in [0, 0.05) is 18.8 Å². The minimum Gasteiger partial charge on any atom is -0.338 e. The van der Waals surface area contributed by atoms with Gasteiger partial charge in [0.25, 0.3) is 0 Å². The Bertz CT molecular complexity index is 1290. The summed E-state index contributed by atoms with van der Waals surface area (Å²) in [6, 6.07) is 11.5. The molecule has 1 aliphatic rings. The normalized spacial score (nSPS) is 18.1. The van der Waals surface area contributed by atoms with E-state index in [1.54, 1.807) is 11.1 Å². The van der Waals surface area contributed by atoms with Crippen molar-refractivity contribution >= 4 is 27.5 Å². The Balaban J connectivity index is 1.68. The molecule has 0 radical (unpaired) electrons. The van der Waals surface area contributed by atoms with E-state index in [2.05, 4.69) is 21.2 Å². The highest BCUT2D eigenvalue weighted by Gasteiger charge is 2.36. The number of hydrogen-bond donors (Lipinski definition) is 0. The summed E-state index contributed by atoms with van der Waals surface area (Å²) in [6.07, 6.45) is 2.20. The molecule has 3 aromatic rings. The van der Waals surface area contributed by atoms with Crippen LogP contribution < -0.4 is 0 Å². The summed E-state index contributed by atoms with van der Waals surface area (Å²) < 4.78 is 25.9. The maximum Gasteiger partial charge on any atom is 0.236 e. The van der Waals surface area contributed by atoms with Crippen LogP contribution in [-0.4, -0.2) is 68.3 Å². The second kappa shape index (κ2) is 9.87. The number of sulfone groups is 1. The molecule has 0 spiro atoms. The van der Waals surface area contributed by atoms with E-state index >= 15 is 0 Å². The lowest BCUT2D eigenvalue weighted by Crippen LogP contribution is -2.44. The van der Waals surface area contributed by atoms with E-state index in [0.717, 1.165) is 16.8 Å². The molecular weight excluding hydrogens is 470 g/mol. The van der Waals surface area contributed by atoms with Crippen LogP contribution in [0, 0.1) is 13.8 Å². The summed E-state index contributed by atoms with van der Waals surface area (Å²) in [4.78, 5) is 19.5. The molecule has 0 saturated carbocycles. The summed E-state index contributed by atoms with van der Waals surface area (Å²) in [5, 5.41) is 8.98. The molecule has 1 fully saturated rings. The van der Waals surface area contributed by atoms with Crippen LogP contribution in [0.1, 0.15) is 31.4 Å². The van der Waals surface area contributed by atoms with Gasteiger partial charge < -0.3 is 4.90 Å². The fraction of sp³-hybridized carbons (Fsp3) is 0.417. The number of benzene rings is 1. The number of hydrogen-bond acceptors (Lipinski definition) is 7. The predicted octanol–water partition coefficient (Wildman–Crippen LogP) is 3.46. The molecule has 4 rings (SSSR count). The third kappa shape index (κ3) is 5.02. The standard InChI is InChI=1S/C24H29N5O3S2/c1-5-28(19-11-13-34(31,32)15-19)23(30)18(4)33-24-27-26-22(20-8-6-7-12-25-20)29(24)21-10-9-16(2)14-17(21)3/h6-10,12,14,18-19H,5,11,13,15H2,1-4H3. The maximum absolute atomic E-state index is 13.4. The molecule has 0 aliphatic carbocycles. The minimum atomic E-state index is -3.08. The predicted molar refractivity (Wildman–Crippen MR) is 134 cm³/mol. The number of thioether (sulfide) groups is 1. The second-order valence-corrected chi connectivity index (χ2v) is 12.1. The second-order valence-electron chi connectivity index (χ2n) is 8.59. The fourth-order valence-corrected chi connectivity index (χ4v) is 7.00. The Morgan fingerprint density at radius 1 is 1.24 bits per heavy atom. The summed E-state index contributed by atoms with van der Waals surface area (Å²) in [7, 11) is -3.08. The topological polar surface area (TPSA) is 98.1 Å². The Kier molecular flexibility index (Phi) is 7.09. The lowest BCUT2D eigenvalue weighted by Gasteiger charge is -2.29. The molecule has 2 aromatic heterocycles. The number of aromatic nitrogens is 4. The van der Waals surface area contributed by atoms with Crippen molar-refractivity contribution in [3.05, 3.63) is 53.7 Å². The molecule has 2 atom stereocenters. The lowest BCUT2D eigenvalue weighted by atomic mass is 10.1. The van der Waals surface area contributed by atoms with Crippen LogP contribution in [0.2, 0.25) is 0 Å². The van der Waals surface area contributed by atoms with Gasteiger partial charge in [0.2, 0.25) is 5.91 Å². The molecule has 0 N–H and O–H groups in total. The molecule has 8 nitrogen and oxygen atoms in total. The van der Waals surface area contributed by atoms with E-state index in [1.807, 2.05) is 62.6 Å².